The van der Waals surface area contributed by atoms with Gasteiger partial charge in [-0.05, 0) is 49.8 Å². The van der Waals surface area contributed by atoms with Crippen molar-refractivity contribution in [2.45, 2.75) is 96.3 Å². The summed E-state index contributed by atoms with van der Waals surface area (Å²) in [6.45, 7) is 2.26. The molecular weight excluding hydrogens is 320 g/mol. The maximum Gasteiger partial charge on any atom is 0.224 e. The van der Waals surface area contributed by atoms with Crippen LogP contribution < -0.4 is 5.73 Å². The molecule has 0 radical (unpaired) electrons. The summed E-state index contributed by atoms with van der Waals surface area (Å²) in [4.78, 5) is 15.7. The molecule has 1 aromatic heterocycles. The Morgan fingerprint density at radius 3 is 2.04 bits per heavy atom. The summed E-state index contributed by atoms with van der Waals surface area (Å²) >= 11 is 0. The molecule has 1 aromatic rings. The molecule has 0 aliphatic carbocycles. The first kappa shape index (κ1) is 22.4. The highest BCUT2D eigenvalue weighted by Crippen LogP contribution is 2.22. The van der Waals surface area contributed by atoms with Gasteiger partial charge in [0.05, 0.1) is 5.92 Å². The molecule has 0 fully saturated rings. The fourth-order valence-electron chi connectivity index (χ4n) is 3.31. The summed E-state index contributed by atoms with van der Waals surface area (Å²) < 4.78 is 0. The maximum atomic E-state index is 11.7. The van der Waals surface area contributed by atoms with Gasteiger partial charge in [0.15, 0.2) is 0 Å². The average Bonchev–Trinajstić information content (AvgIpc) is 2.65. The van der Waals surface area contributed by atoms with Crippen LogP contribution in [-0.2, 0) is 4.79 Å². The van der Waals surface area contributed by atoms with Crippen molar-refractivity contribution in [2.75, 3.05) is 0 Å². The molecule has 1 heterocycles. The zero-order valence-corrected chi connectivity index (χ0v) is 16.7. The van der Waals surface area contributed by atoms with Crippen LogP contribution in [0.2, 0.25) is 0 Å². The minimum atomic E-state index is -0.228. The van der Waals surface area contributed by atoms with E-state index in [0.29, 0.717) is 0 Å². The molecule has 1 unspecified atom stereocenters. The van der Waals surface area contributed by atoms with E-state index in [-0.39, 0.29) is 11.8 Å². The number of hydrogen-bond acceptors (Lipinski definition) is 2. The zero-order chi connectivity index (χ0) is 18.9. The molecule has 0 spiro atoms. The summed E-state index contributed by atoms with van der Waals surface area (Å²) in [5.41, 5.74) is 6.55. The fraction of sp³-hybridized carbons (Fsp3) is 0.652. The van der Waals surface area contributed by atoms with Crippen molar-refractivity contribution in [3.63, 3.8) is 0 Å². The number of unbranched alkanes of at least 4 members (excludes halogenated alkanes) is 10. The molecule has 146 valence electrons. The van der Waals surface area contributed by atoms with Crippen LogP contribution in [0.25, 0.3) is 0 Å². The third-order valence-corrected chi connectivity index (χ3v) is 4.96. The highest BCUT2D eigenvalue weighted by Gasteiger charge is 2.16. The highest BCUT2D eigenvalue weighted by molar-refractivity contribution is 5.81. The van der Waals surface area contributed by atoms with E-state index in [9.17, 15) is 4.79 Å². The van der Waals surface area contributed by atoms with Crippen LogP contribution in [0, 0.1) is 0 Å². The lowest BCUT2D eigenvalue weighted by molar-refractivity contribution is -0.119. The summed E-state index contributed by atoms with van der Waals surface area (Å²) in [7, 11) is 0. The highest BCUT2D eigenvalue weighted by atomic mass is 16.1. The smallest absolute Gasteiger partial charge is 0.224 e. The zero-order valence-electron chi connectivity index (χ0n) is 16.7. The molecule has 0 aliphatic rings. The number of allylic oxidation sites excluding steroid dienone is 2. The monoisotopic (exact) mass is 358 g/mol. The van der Waals surface area contributed by atoms with Gasteiger partial charge in [-0.3, -0.25) is 9.78 Å². The number of rotatable bonds is 16. The van der Waals surface area contributed by atoms with Crippen LogP contribution in [-0.4, -0.2) is 10.9 Å². The van der Waals surface area contributed by atoms with E-state index < -0.39 is 0 Å². The largest absolute Gasteiger partial charge is 0.369 e. The Bertz CT molecular complexity index is 484. The molecule has 2 N–H and O–H groups in total. The van der Waals surface area contributed by atoms with Crippen LogP contribution in [0.1, 0.15) is 102 Å². The van der Waals surface area contributed by atoms with Gasteiger partial charge in [-0.2, -0.15) is 0 Å². The number of amides is 1. The number of nitrogens with zero attached hydrogens (tertiary/aromatic N) is 1. The minimum Gasteiger partial charge on any atom is -0.369 e. The van der Waals surface area contributed by atoms with E-state index >= 15 is 0 Å². The van der Waals surface area contributed by atoms with Crippen molar-refractivity contribution in [3.05, 3.63) is 42.2 Å². The van der Waals surface area contributed by atoms with E-state index in [1.165, 1.54) is 70.6 Å². The van der Waals surface area contributed by atoms with Crippen LogP contribution in [0.5, 0.6) is 0 Å². The molecule has 3 heteroatoms. The Kier molecular flexibility index (Phi) is 13.4. The number of hydrogen-bond donors (Lipinski definition) is 1. The van der Waals surface area contributed by atoms with E-state index in [0.717, 1.165) is 18.4 Å². The van der Waals surface area contributed by atoms with Crippen LogP contribution in [0.4, 0.5) is 0 Å². The lowest BCUT2D eigenvalue weighted by Gasteiger charge is -2.13. The van der Waals surface area contributed by atoms with E-state index in [1.807, 2.05) is 12.1 Å². The van der Waals surface area contributed by atoms with Gasteiger partial charge in [-0.15, -0.1) is 0 Å². The number of primary amides is 1. The third-order valence-electron chi connectivity index (χ3n) is 4.96. The van der Waals surface area contributed by atoms with E-state index in [2.05, 4.69) is 24.1 Å². The van der Waals surface area contributed by atoms with Crippen molar-refractivity contribution >= 4 is 5.91 Å². The predicted molar refractivity (Wildman–Crippen MR) is 111 cm³/mol. The Morgan fingerprint density at radius 1 is 0.923 bits per heavy atom. The van der Waals surface area contributed by atoms with E-state index in [4.69, 9.17) is 5.73 Å². The molecule has 26 heavy (non-hydrogen) atoms. The fourth-order valence-corrected chi connectivity index (χ4v) is 3.31. The summed E-state index contributed by atoms with van der Waals surface area (Å²) in [6.07, 6.45) is 24.3. The molecule has 0 bridgehead atoms. The first-order chi connectivity index (χ1) is 12.8. The van der Waals surface area contributed by atoms with Gasteiger partial charge < -0.3 is 5.73 Å². The second kappa shape index (κ2) is 15.6. The van der Waals surface area contributed by atoms with Gasteiger partial charge in [0.25, 0.3) is 0 Å². The molecule has 0 aromatic carbocycles. The van der Waals surface area contributed by atoms with Crippen molar-refractivity contribution in [3.8, 4) is 0 Å². The summed E-state index contributed by atoms with van der Waals surface area (Å²) in [6, 6.07) is 3.79. The lowest BCUT2D eigenvalue weighted by atomic mass is 9.93. The SMILES string of the molecule is CCCCCCCC/C=C\CCCCCCC(C(N)=O)c1ccncc1. The predicted octanol–water partition coefficient (Wildman–Crippen LogP) is 6.30. The maximum absolute atomic E-state index is 11.7. The molecule has 3 nitrogen and oxygen atoms in total. The Morgan fingerprint density at radius 2 is 1.46 bits per heavy atom. The third kappa shape index (κ3) is 11.1. The lowest BCUT2D eigenvalue weighted by Crippen LogP contribution is -2.21. The molecule has 1 amide bonds. The van der Waals surface area contributed by atoms with Crippen molar-refractivity contribution < 1.29 is 4.79 Å². The van der Waals surface area contributed by atoms with Crippen molar-refractivity contribution in [1.82, 2.24) is 4.98 Å². The van der Waals surface area contributed by atoms with Crippen LogP contribution in [0.15, 0.2) is 36.7 Å². The van der Waals surface area contributed by atoms with Gasteiger partial charge in [0, 0.05) is 12.4 Å². The number of aromatic nitrogens is 1. The first-order valence-electron chi connectivity index (χ1n) is 10.6. The molecule has 1 atom stereocenters. The molecule has 0 saturated heterocycles. The average molecular weight is 359 g/mol. The van der Waals surface area contributed by atoms with Gasteiger partial charge >= 0.3 is 0 Å². The summed E-state index contributed by atoms with van der Waals surface area (Å²) in [5.74, 6) is -0.399. The number of carbonyl (C=O) groups is 1. The van der Waals surface area contributed by atoms with Crippen LogP contribution in [0.3, 0.4) is 0 Å². The molecule has 0 aliphatic heterocycles. The second-order valence-electron chi connectivity index (χ2n) is 7.25. The molecule has 1 rings (SSSR count). The molecular formula is C23H38N2O. The molecule has 0 saturated carbocycles. The van der Waals surface area contributed by atoms with Gasteiger partial charge in [-0.25, -0.2) is 0 Å². The van der Waals surface area contributed by atoms with Gasteiger partial charge in [0.2, 0.25) is 5.91 Å². The van der Waals surface area contributed by atoms with Gasteiger partial charge in [0.1, 0.15) is 0 Å². The Labute approximate surface area is 160 Å². The van der Waals surface area contributed by atoms with Crippen molar-refractivity contribution in [1.29, 1.82) is 0 Å². The Hall–Kier alpha value is -1.64. The normalized spacial score (nSPS) is 12.5. The number of carbonyl (C=O) groups excluding carboxylic acids is 1. The summed E-state index contributed by atoms with van der Waals surface area (Å²) in [5, 5.41) is 0. The van der Waals surface area contributed by atoms with Gasteiger partial charge in [-0.1, -0.05) is 70.4 Å². The number of pyridine rings is 1. The quantitative estimate of drug-likeness (QED) is 0.278. The topological polar surface area (TPSA) is 56.0 Å². The van der Waals surface area contributed by atoms with Crippen molar-refractivity contribution in [2.24, 2.45) is 5.73 Å². The van der Waals surface area contributed by atoms with E-state index in [1.54, 1.807) is 12.4 Å². The Balaban J connectivity index is 2.00. The van der Waals surface area contributed by atoms with Crippen LogP contribution >= 0.6 is 0 Å². The first-order valence-corrected chi connectivity index (χ1v) is 10.6. The second-order valence-corrected chi connectivity index (χ2v) is 7.25. The standard InChI is InChI=1S/C23H38N2O/c1-2-3-4-5-6-7-8-9-10-11-12-13-14-15-16-22(23(24)26)21-17-19-25-20-18-21/h9-10,17-20,22H,2-8,11-16H2,1H3,(H2,24,26)/b10-9-. The minimum absolute atomic E-state index is 0.171. The number of nitrogens with two attached hydrogens (primary N) is 1.